The molecule has 0 spiro atoms. The maximum atomic E-state index is 11.0. The van der Waals surface area contributed by atoms with Crippen LogP contribution in [-0.4, -0.2) is 31.5 Å². The van der Waals surface area contributed by atoms with E-state index in [1.807, 2.05) is 13.8 Å². The normalized spacial score (nSPS) is 21.9. The molecule has 0 aliphatic carbocycles. The molecule has 1 amide bonds. The van der Waals surface area contributed by atoms with Gasteiger partial charge in [0, 0.05) is 13.2 Å². The lowest BCUT2D eigenvalue weighted by Gasteiger charge is -2.12. The number of nitrogens with one attached hydrogen (secondary N) is 1. The van der Waals surface area contributed by atoms with E-state index in [4.69, 9.17) is 9.47 Å². The van der Waals surface area contributed by atoms with Gasteiger partial charge in [-0.25, -0.2) is 4.79 Å². The molecule has 1 aliphatic rings. The fraction of sp³-hybridized carbons (Fsp3) is 0.889. The molecule has 0 aromatic heterocycles. The van der Waals surface area contributed by atoms with Crippen molar-refractivity contribution in [3.05, 3.63) is 0 Å². The highest BCUT2D eigenvalue weighted by atomic mass is 16.6. The van der Waals surface area contributed by atoms with Crippen LogP contribution in [0.5, 0.6) is 0 Å². The predicted molar refractivity (Wildman–Crippen MR) is 48.6 cm³/mol. The van der Waals surface area contributed by atoms with Crippen molar-refractivity contribution in [2.24, 2.45) is 0 Å². The monoisotopic (exact) mass is 187 g/mol. The summed E-state index contributed by atoms with van der Waals surface area (Å²) in [6, 6.07) is 0. The van der Waals surface area contributed by atoms with E-state index < -0.39 is 0 Å². The van der Waals surface area contributed by atoms with E-state index in [-0.39, 0.29) is 18.3 Å². The van der Waals surface area contributed by atoms with Gasteiger partial charge >= 0.3 is 6.09 Å². The number of carbonyl (C=O) groups is 1. The van der Waals surface area contributed by atoms with Gasteiger partial charge in [0.2, 0.25) is 0 Å². The van der Waals surface area contributed by atoms with Crippen LogP contribution in [0.25, 0.3) is 0 Å². The van der Waals surface area contributed by atoms with Crippen molar-refractivity contribution in [2.75, 3.05) is 13.2 Å². The Morgan fingerprint density at radius 2 is 2.46 bits per heavy atom. The molecule has 0 aromatic carbocycles. The minimum Gasteiger partial charge on any atom is -0.447 e. The molecule has 0 bridgehead atoms. The van der Waals surface area contributed by atoms with Crippen molar-refractivity contribution in [2.45, 2.75) is 38.9 Å². The van der Waals surface area contributed by atoms with Gasteiger partial charge in [-0.1, -0.05) is 0 Å². The maximum Gasteiger partial charge on any atom is 0.407 e. The Bertz CT molecular complexity index is 164. The molecule has 0 radical (unpaired) electrons. The Balaban J connectivity index is 2.07. The first-order valence-electron chi connectivity index (χ1n) is 4.74. The maximum absolute atomic E-state index is 11.0. The molecule has 13 heavy (non-hydrogen) atoms. The lowest BCUT2D eigenvalue weighted by Crippen LogP contribution is -2.33. The molecule has 1 N–H and O–H groups in total. The fourth-order valence-electron chi connectivity index (χ4n) is 1.26. The number of ether oxygens (including phenoxy) is 2. The van der Waals surface area contributed by atoms with Crippen LogP contribution in [-0.2, 0) is 9.47 Å². The second kappa shape index (κ2) is 5.07. The van der Waals surface area contributed by atoms with E-state index >= 15 is 0 Å². The number of rotatable bonds is 3. The molecule has 76 valence electrons. The number of amides is 1. The minimum atomic E-state index is -0.356. The smallest absolute Gasteiger partial charge is 0.407 e. The quantitative estimate of drug-likeness (QED) is 0.724. The minimum absolute atomic E-state index is 0.0653. The molecular weight excluding hydrogens is 170 g/mol. The number of alkyl carbamates (subject to hydrolysis) is 1. The van der Waals surface area contributed by atoms with Crippen molar-refractivity contribution in [3.63, 3.8) is 0 Å². The van der Waals surface area contributed by atoms with Crippen molar-refractivity contribution in [3.8, 4) is 0 Å². The molecule has 4 nitrogen and oxygen atoms in total. The zero-order valence-electron chi connectivity index (χ0n) is 8.21. The Hall–Kier alpha value is -0.770. The van der Waals surface area contributed by atoms with Crippen LogP contribution in [0.15, 0.2) is 0 Å². The lowest BCUT2D eigenvalue weighted by molar-refractivity contribution is 0.0915. The van der Waals surface area contributed by atoms with Crippen molar-refractivity contribution >= 4 is 6.09 Å². The Morgan fingerprint density at radius 3 is 3.00 bits per heavy atom. The summed E-state index contributed by atoms with van der Waals surface area (Å²) < 4.78 is 10.2. The average molecular weight is 187 g/mol. The van der Waals surface area contributed by atoms with Crippen LogP contribution in [0, 0.1) is 0 Å². The van der Waals surface area contributed by atoms with Gasteiger partial charge in [-0.15, -0.1) is 0 Å². The third-order valence-corrected chi connectivity index (χ3v) is 1.84. The molecule has 1 atom stereocenters. The first kappa shape index (κ1) is 10.3. The first-order valence-corrected chi connectivity index (χ1v) is 4.74. The van der Waals surface area contributed by atoms with Gasteiger partial charge in [0.1, 0.15) is 0 Å². The summed E-state index contributed by atoms with van der Waals surface area (Å²) in [4.78, 5) is 11.0. The molecule has 0 aromatic rings. The Morgan fingerprint density at radius 1 is 1.69 bits per heavy atom. The second-order valence-electron chi connectivity index (χ2n) is 3.47. The third kappa shape index (κ3) is 4.12. The van der Waals surface area contributed by atoms with Crippen molar-refractivity contribution in [1.82, 2.24) is 5.32 Å². The summed E-state index contributed by atoms with van der Waals surface area (Å²) in [5.41, 5.74) is 0. The van der Waals surface area contributed by atoms with Gasteiger partial charge in [0.25, 0.3) is 0 Å². The van der Waals surface area contributed by atoms with Crippen molar-refractivity contribution in [1.29, 1.82) is 0 Å². The van der Waals surface area contributed by atoms with E-state index in [2.05, 4.69) is 5.32 Å². The summed E-state index contributed by atoms with van der Waals surface area (Å²) in [6.07, 6.45) is 1.88. The zero-order chi connectivity index (χ0) is 9.68. The molecule has 0 unspecified atom stereocenters. The highest BCUT2D eigenvalue weighted by Crippen LogP contribution is 2.10. The molecular formula is C9H17NO3. The Labute approximate surface area is 78.6 Å². The average Bonchev–Trinajstić information content (AvgIpc) is 2.51. The fourth-order valence-corrected chi connectivity index (χ4v) is 1.26. The summed E-state index contributed by atoms with van der Waals surface area (Å²) in [7, 11) is 0. The number of hydrogen-bond acceptors (Lipinski definition) is 3. The molecule has 0 saturated carbocycles. The Kier molecular flexibility index (Phi) is 4.02. The van der Waals surface area contributed by atoms with Crippen LogP contribution < -0.4 is 5.32 Å². The molecule has 1 aliphatic heterocycles. The van der Waals surface area contributed by atoms with Gasteiger partial charge in [0.05, 0.1) is 12.2 Å². The summed E-state index contributed by atoms with van der Waals surface area (Å²) >= 11 is 0. The predicted octanol–water partition coefficient (Wildman–Crippen LogP) is 1.30. The lowest BCUT2D eigenvalue weighted by atomic mass is 10.2. The number of carbonyl (C=O) groups excluding carboxylic acids is 1. The van der Waals surface area contributed by atoms with Crippen molar-refractivity contribution < 1.29 is 14.3 Å². The van der Waals surface area contributed by atoms with Crippen LogP contribution in [0.4, 0.5) is 4.79 Å². The number of hydrogen-bond donors (Lipinski definition) is 1. The summed E-state index contributed by atoms with van der Waals surface area (Å²) in [5, 5.41) is 2.67. The standard InChI is InChI=1S/C9H17NO3/c1-7(2)13-9(11)10-6-8-4-3-5-12-8/h7-8H,3-6H2,1-2H3,(H,10,11)/t8-/m0/s1. The van der Waals surface area contributed by atoms with Gasteiger partial charge in [-0.05, 0) is 26.7 Å². The highest BCUT2D eigenvalue weighted by molar-refractivity contribution is 5.67. The molecule has 1 heterocycles. The topological polar surface area (TPSA) is 47.6 Å². The first-order chi connectivity index (χ1) is 6.18. The summed E-state index contributed by atoms with van der Waals surface area (Å²) in [5.74, 6) is 0. The SMILES string of the molecule is CC(C)OC(=O)NC[C@@H]1CCCO1. The van der Waals surface area contributed by atoms with Gasteiger partial charge in [-0.3, -0.25) is 0 Å². The zero-order valence-corrected chi connectivity index (χ0v) is 8.21. The van der Waals surface area contributed by atoms with E-state index in [0.29, 0.717) is 6.54 Å². The molecule has 4 heteroatoms. The largest absolute Gasteiger partial charge is 0.447 e. The van der Waals surface area contributed by atoms with E-state index in [1.54, 1.807) is 0 Å². The van der Waals surface area contributed by atoms with Gasteiger partial charge in [-0.2, -0.15) is 0 Å². The van der Waals surface area contributed by atoms with Crippen LogP contribution in [0.2, 0.25) is 0 Å². The van der Waals surface area contributed by atoms with Crippen LogP contribution >= 0.6 is 0 Å². The molecule has 1 saturated heterocycles. The highest BCUT2D eigenvalue weighted by Gasteiger charge is 2.16. The second-order valence-corrected chi connectivity index (χ2v) is 3.47. The third-order valence-electron chi connectivity index (χ3n) is 1.84. The van der Waals surface area contributed by atoms with E-state index in [1.165, 1.54) is 0 Å². The van der Waals surface area contributed by atoms with Crippen LogP contribution in [0.3, 0.4) is 0 Å². The summed E-state index contributed by atoms with van der Waals surface area (Å²) in [6.45, 7) is 5.02. The van der Waals surface area contributed by atoms with Gasteiger partial charge in [0.15, 0.2) is 0 Å². The van der Waals surface area contributed by atoms with E-state index in [0.717, 1.165) is 19.4 Å². The van der Waals surface area contributed by atoms with Gasteiger partial charge < -0.3 is 14.8 Å². The van der Waals surface area contributed by atoms with Crippen LogP contribution in [0.1, 0.15) is 26.7 Å². The molecule has 1 rings (SSSR count). The van der Waals surface area contributed by atoms with E-state index in [9.17, 15) is 4.79 Å². The molecule has 1 fully saturated rings.